The van der Waals surface area contributed by atoms with Gasteiger partial charge in [-0.3, -0.25) is 9.59 Å². The molecule has 3 aromatic rings. The third-order valence-corrected chi connectivity index (χ3v) is 7.32. The van der Waals surface area contributed by atoms with Crippen molar-refractivity contribution in [3.63, 3.8) is 0 Å². The van der Waals surface area contributed by atoms with Crippen LogP contribution in [0.25, 0.3) is 0 Å². The van der Waals surface area contributed by atoms with Crippen molar-refractivity contribution < 1.29 is 18.0 Å². The summed E-state index contributed by atoms with van der Waals surface area (Å²) in [5, 5.41) is 2.81. The summed E-state index contributed by atoms with van der Waals surface area (Å²) in [5.74, 6) is -0.609. The number of hydrogen-bond acceptors (Lipinski definition) is 4. The van der Waals surface area contributed by atoms with Crippen molar-refractivity contribution in [2.75, 3.05) is 18.4 Å². The Bertz CT molecular complexity index is 1250. The second kappa shape index (κ2) is 11.2. The molecule has 0 heterocycles. The van der Waals surface area contributed by atoms with Gasteiger partial charge in [0, 0.05) is 29.8 Å². The minimum atomic E-state index is -3.62. The normalized spacial score (nSPS) is 11.4. The van der Waals surface area contributed by atoms with E-state index < -0.39 is 15.9 Å². The maximum absolute atomic E-state index is 13.0. The van der Waals surface area contributed by atoms with Crippen LogP contribution in [-0.4, -0.2) is 37.5 Å². The fourth-order valence-electron chi connectivity index (χ4n) is 3.67. The van der Waals surface area contributed by atoms with E-state index in [1.165, 1.54) is 28.6 Å². The third kappa shape index (κ3) is 5.79. The Morgan fingerprint density at radius 2 is 1.44 bits per heavy atom. The molecule has 0 aliphatic carbocycles. The molecule has 0 bridgehead atoms. The van der Waals surface area contributed by atoms with Gasteiger partial charge in [-0.15, -0.1) is 0 Å². The zero-order valence-corrected chi connectivity index (χ0v) is 20.6. The molecule has 0 radical (unpaired) electrons. The Labute approximate surface area is 201 Å². The van der Waals surface area contributed by atoms with Gasteiger partial charge in [-0.05, 0) is 56.2 Å². The Morgan fingerprint density at radius 1 is 0.824 bits per heavy atom. The van der Waals surface area contributed by atoms with Crippen LogP contribution in [0.3, 0.4) is 0 Å². The van der Waals surface area contributed by atoms with Crippen molar-refractivity contribution in [1.29, 1.82) is 0 Å². The predicted molar refractivity (Wildman–Crippen MR) is 135 cm³/mol. The van der Waals surface area contributed by atoms with Crippen molar-refractivity contribution in [2.45, 2.75) is 38.5 Å². The topological polar surface area (TPSA) is 83.6 Å². The van der Waals surface area contributed by atoms with Gasteiger partial charge in [0.05, 0.1) is 10.6 Å². The monoisotopic (exact) mass is 478 g/mol. The highest BCUT2D eigenvalue weighted by molar-refractivity contribution is 7.89. The molecular formula is C27H30N2O4S. The molecule has 34 heavy (non-hydrogen) atoms. The van der Waals surface area contributed by atoms with E-state index in [9.17, 15) is 18.0 Å². The number of carbonyl (C=O) groups excluding carboxylic acids is 2. The smallest absolute Gasteiger partial charge is 0.255 e. The maximum atomic E-state index is 13.0. The molecule has 0 aliphatic rings. The average molecular weight is 479 g/mol. The van der Waals surface area contributed by atoms with Crippen LogP contribution in [0.2, 0.25) is 0 Å². The molecule has 3 rings (SSSR count). The standard InChI is InChI=1S/C27H30N2O4S/c1-4-17-29(18-5-2)34(32,33)23-14-12-22(13-15-23)27(31)28-25-16-11-20(3)19-24(25)26(30)21-9-7-6-8-10-21/h6-16,19H,4-5,17-18H2,1-3H3,(H,28,31). The summed E-state index contributed by atoms with van der Waals surface area (Å²) < 4.78 is 27.4. The van der Waals surface area contributed by atoms with Crippen LogP contribution in [0.4, 0.5) is 5.69 Å². The number of aryl methyl sites for hydroxylation is 1. The first-order valence-electron chi connectivity index (χ1n) is 11.4. The summed E-state index contributed by atoms with van der Waals surface area (Å²) in [6.45, 7) is 6.65. The summed E-state index contributed by atoms with van der Waals surface area (Å²) in [5.41, 5.74) is 2.53. The molecule has 0 atom stereocenters. The zero-order valence-electron chi connectivity index (χ0n) is 19.7. The highest BCUT2D eigenvalue weighted by atomic mass is 32.2. The predicted octanol–water partition coefficient (Wildman–Crippen LogP) is 5.29. The lowest BCUT2D eigenvalue weighted by molar-refractivity contribution is 0.102. The second-order valence-corrected chi connectivity index (χ2v) is 10.1. The molecule has 0 unspecified atom stereocenters. The Morgan fingerprint density at radius 3 is 2.03 bits per heavy atom. The Balaban J connectivity index is 1.84. The molecule has 0 saturated carbocycles. The van der Waals surface area contributed by atoms with Crippen molar-refractivity contribution in [1.82, 2.24) is 4.31 Å². The van der Waals surface area contributed by atoms with Gasteiger partial charge in [0.1, 0.15) is 0 Å². The average Bonchev–Trinajstić information content (AvgIpc) is 2.85. The lowest BCUT2D eigenvalue weighted by atomic mass is 9.99. The number of rotatable bonds is 10. The number of nitrogens with one attached hydrogen (secondary N) is 1. The van der Waals surface area contributed by atoms with Crippen molar-refractivity contribution >= 4 is 27.4 Å². The van der Waals surface area contributed by atoms with E-state index in [0.29, 0.717) is 35.5 Å². The van der Waals surface area contributed by atoms with Crippen LogP contribution in [0, 0.1) is 6.92 Å². The summed E-state index contributed by atoms with van der Waals surface area (Å²) in [6, 6.07) is 20.0. The van der Waals surface area contributed by atoms with Crippen LogP contribution in [0.1, 0.15) is 58.5 Å². The SMILES string of the molecule is CCCN(CCC)S(=O)(=O)c1ccc(C(=O)Nc2ccc(C)cc2C(=O)c2ccccc2)cc1. The number of benzene rings is 3. The van der Waals surface area contributed by atoms with Gasteiger partial charge in [0.25, 0.3) is 5.91 Å². The third-order valence-electron chi connectivity index (χ3n) is 5.40. The number of carbonyl (C=O) groups is 2. The number of ketones is 1. The van der Waals surface area contributed by atoms with Gasteiger partial charge in [0.15, 0.2) is 5.78 Å². The van der Waals surface area contributed by atoms with Gasteiger partial charge in [-0.2, -0.15) is 4.31 Å². The molecule has 0 fully saturated rings. The van der Waals surface area contributed by atoms with Crippen LogP contribution >= 0.6 is 0 Å². The molecule has 6 nitrogen and oxygen atoms in total. The number of nitrogens with zero attached hydrogens (tertiary/aromatic N) is 1. The number of amides is 1. The highest BCUT2D eigenvalue weighted by Gasteiger charge is 2.23. The minimum Gasteiger partial charge on any atom is -0.321 e. The minimum absolute atomic E-state index is 0.154. The van der Waals surface area contributed by atoms with Gasteiger partial charge in [-0.25, -0.2) is 8.42 Å². The molecule has 0 spiro atoms. The van der Waals surface area contributed by atoms with Crippen molar-refractivity contribution in [3.8, 4) is 0 Å². The number of sulfonamides is 1. The summed E-state index contributed by atoms with van der Waals surface area (Å²) in [4.78, 5) is 26.1. The van der Waals surface area contributed by atoms with Crippen LogP contribution in [-0.2, 0) is 10.0 Å². The van der Waals surface area contributed by atoms with E-state index in [1.807, 2.05) is 32.9 Å². The van der Waals surface area contributed by atoms with Crippen LogP contribution < -0.4 is 5.32 Å². The fraction of sp³-hybridized carbons (Fsp3) is 0.259. The van der Waals surface area contributed by atoms with E-state index in [4.69, 9.17) is 0 Å². The maximum Gasteiger partial charge on any atom is 0.255 e. The van der Waals surface area contributed by atoms with E-state index >= 15 is 0 Å². The molecule has 1 N–H and O–H groups in total. The van der Waals surface area contributed by atoms with Crippen LogP contribution in [0.15, 0.2) is 77.7 Å². The lowest BCUT2D eigenvalue weighted by Gasteiger charge is -2.21. The molecule has 1 amide bonds. The molecule has 0 aliphatic heterocycles. The molecule has 3 aromatic carbocycles. The summed E-state index contributed by atoms with van der Waals surface area (Å²) >= 11 is 0. The number of anilines is 1. The second-order valence-electron chi connectivity index (χ2n) is 8.13. The van der Waals surface area contributed by atoms with Gasteiger partial charge in [0.2, 0.25) is 10.0 Å². The Kier molecular flexibility index (Phi) is 8.36. The highest BCUT2D eigenvalue weighted by Crippen LogP contribution is 2.23. The van der Waals surface area contributed by atoms with E-state index in [0.717, 1.165) is 18.4 Å². The first kappa shape index (κ1) is 25.3. The van der Waals surface area contributed by atoms with E-state index in [2.05, 4.69) is 5.32 Å². The zero-order chi connectivity index (χ0) is 24.7. The van der Waals surface area contributed by atoms with Gasteiger partial charge >= 0.3 is 0 Å². The van der Waals surface area contributed by atoms with E-state index in [-0.39, 0.29) is 10.7 Å². The largest absolute Gasteiger partial charge is 0.321 e. The molecule has 0 saturated heterocycles. The van der Waals surface area contributed by atoms with Crippen LogP contribution in [0.5, 0.6) is 0 Å². The number of hydrogen-bond donors (Lipinski definition) is 1. The molecular weight excluding hydrogens is 448 g/mol. The summed E-state index contributed by atoms with van der Waals surface area (Å²) in [6.07, 6.45) is 1.45. The van der Waals surface area contributed by atoms with Gasteiger partial charge in [-0.1, -0.05) is 55.8 Å². The quantitative estimate of drug-likeness (QED) is 0.401. The van der Waals surface area contributed by atoms with Crippen molar-refractivity contribution in [3.05, 3.63) is 95.1 Å². The van der Waals surface area contributed by atoms with Crippen molar-refractivity contribution in [2.24, 2.45) is 0 Å². The van der Waals surface area contributed by atoms with Gasteiger partial charge < -0.3 is 5.32 Å². The molecule has 0 aromatic heterocycles. The first-order chi connectivity index (χ1) is 16.3. The molecule has 178 valence electrons. The van der Waals surface area contributed by atoms with E-state index in [1.54, 1.807) is 36.4 Å². The Hall–Kier alpha value is -3.29. The fourth-order valence-corrected chi connectivity index (χ4v) is 5.30. The first-order valence-corrected chi connectivity index (χ1v) is 12.8. The summed E-state index contributed by atoms with van der Waals surface area (Å²) in [7, 11) is -3.62. The molecule has 7 heteroatoms. The lowest BCUT2D eigenvalue weighted by Crippen LogP contribution is -2.32.